The average Bonchev–Trinajstić information content (AvgIpc) is 2.75. The van der Waals surface area contributed by atoms with Crippen molar-refractivity contribution in [2.45, 2.75) is 174 Å². The molecule has 0 bridgehead atoms. The minimum Gasteiger partial charge on any atom is -0.462 e. The number of hydrogen-bond acceptors (Lipinski definition) is 2. The lowest BCUT2D eigenvalue weighted by Gasteiger charge is -2.21. The molecule has 0 aromatic carbocycles. The fourth-order valence-electron chi connectivity index (χ4n) is 4.79. The van der Waals surface area contributed by atoms with Gasteiger partial charge in [-0.25, -0.2) is 0 Å². The summed E-state index contributed by atoms with van der Waals surface area (Å²) in [6, 6.07) is 0. The lowest BCUT2D eigenvalue weighted by atomic mass is 10.0. The highest BCUT2D eigenvalue weighted by Gasteiger charge is 2.19. The minimum absolute atomic E-state index is 0.0229. The Morgan fingerprint density at radius 2 is 0.967 bits per heavy atom. The Balaban J connectivity index is 1.66. The molecule has 0 amide bonds. The van der Waals surface area contributed by atoms with Crippen molar-refractivity contribution in [2.24, 2.45) is 0 Å². The molecule has 30 heavy (non-hydrogen) atoms. The van der Waals surface area contributed by atoms with Crippen LogP contribution in [0.3, 0.4) is 0 Å². The number of hydrogen-bond donors (Lipinski definition) is 0. The van der Waals surface area contributed by atoms with Gasteiger partial charge < -0.3 is 4.74 Å². The van der Waals surface area contributed by atoms with Gasteiger partial charge >= 0.3 is 5.97 Å². The van der Waals surface area contributed by atoms with Crippen LogP contribution in [0, 0.1) is 0 Å². The van der Waals surface area contributed by atoms with Crippen LogP contribution in [0.1, 0.15) is 167 Å². The molecule has 0 spiro atoms. The van der Waals surface area contributed by atoms with Gasteiger partial charge in [0.05, 0.1) is 0 Å². The minimum atomic E-state index is 0.0229. The van der Waals surface area contributed by atoms with Crippen LogP contribution in [0.25, 0.3) is 0 Å². The van der Waals surface area contributed by atoms with E-state index in [4.69, 9.17) is 4.74 Å². The topological polar surface area (TPSA) is 26.3 Å². The molecule has 1 atom stereocenters. The molecule has 178 valence electrons. The largest absolute Gasteiger partial charge is 0.462 e. The molecular formula is C28H54O2. The maximum absolute atomic E-state index is 11.3. The van der Waals surface area contributed by atoms with E-state index in [9.17, 15) is 4.79 Å². The number of esters is 1. The summed E-state index contributed by atoms with van der Waals surface area (Å²) in [6.07, 6.45) is 34.0. The van der Waals surface area contributed by atoms with Crippen molar-refractivity contribution < 1.29 is 9.53 Å². The lowest BCUT2D eigenvalue weighted by Crippen LogP contribution is -2.23. The first-order valence-corrected chi connectivity index (χ1v) is 14.0. The zero-order valence-corrected chi connectivity index (χ0v) is 20.6. The first-order valence-electron chi connectivity index (χ1n) is 14.0. The van der Waals surface area contributed by atoms with E-state index in [1.807, 2.05) is 0 Å². The van der Waals surface area contributed by atoms with Gasteiger partial charge in [-0.3, -0.25) is 4.79 Å². The van der Waals surface area contributed by atoms with Gasteiger partial charge in [0, 0.05) is 6.42 Å². The maximum atomic E-state index is 11.3. The third kappa shape index (κ3) is 18.3. The van der Waals surface area contributed by atoms with E-state index >= 15 is 0 Å². The molecular weight excluding hydrogens is 368 g/mol. The van der Waals surface area contributed by atoms with Crippen LogP contribution in [-0.4, -0.2) is 12.1 Å². The molecule has 0 aliphatic carbocycles. The van der Waals surface area contributed by atoms with Gasteiger partial charge in [0.15, 0.2) is 0 Å². The molecule has 0 N–H and O–H groups in total. The normalized spacial score (nSPS) is 16.7. The molecule has 1 heterocycles. The third-order valence-corrected chi connectivity index (χ3v) is 6.83. The van der Waals surface area contributed by atoms with Gasteiger partial charge in [-0.15, -0.1) is 0 Å². The molecule has 0 unspecified atom stereocenters. The van der Waals surface area contributed by atoms with Crippen molar-refractivity contribution in [1.29, 1.82) is 0 Å². The molecule has 0 saturated carbocycles. The summed E-state index contributed by atoms with van der Waals surface area (Å²) >= 11 is 0. The molecule has 0 aromatic heterocycles. The second-order valence-electron chi connectivity index (χ2n) is 9.86. The summed E-state index contributed by atoms with van der Waals surface area (Å²) < 4.78 is 5.39. The number of carbonyl (C=O) groups is 1. The number of cyclic esters (lactones) is 1. The fraction of sp³-hybridized carbons (Fsp3) is 0.964. The predicted octanol–water partition coefficient (Wildman–Crippen LogP) is 9.68. The van der Waals surface area contributed by atoms with E-state index in [0.29, 0.717) is 6.42 Å². The van der Waals surface area contributed by atoms with Gasteiger partial charge in [-0.2, -0.15) is 0 Å². The number of ether oxygens (including phenoxy) is 1. The summed E-state index contributed by atoms with van der Waals surface area (Å²) in [5, 5.41) is 0. The number of rotatable bonds is 22. The predicted molar refractivity (Wildman–Crippen MR) is 131 cm³/mol. The summed E-state index contributed by atoms with van der Waals surface area (Å²) in [6.45, 7) is 2.30. The van der Waals surface area contributed by atoms with E-state index < -0.39 is 0 Å². The highest BCUT2D eigenvalue weighted by Crippen LogP contribution is 2.20. The molecule has 2 nitrogen and oxygen atoms in total. The van der Waals surface area contributed by atoms with Crippen molar-refractivity contribution in [3.63, 3.8) is 0 Å². The smallest absolute Gasteiger partial charge is 0.306 e. The van der Waals surface area contributed by atoms with Crippen molar-refractivity contribution in [3.05, 3.63) is 0 Å². The molecule has 1 fully saturated rings. The standard InChI is InChI=1S/C28H54O2/c1-2-3-4-5-6-7-8-9-10-11-12-13-14-15-16-17-18-19-20-21-22-24-27-25-23-26-28(29)30-27/h27H,2-26H2,1H3/t27-/m0/s1. The second kappa shape index (κ2) is 21.7. The van der Waals surface area contributed by atoms with Crippen LogP contribution in [0.15, 0.2) is 0 Å². The van der Waals surface area contributed by atoms with Gasteiger partial charge in [-0.1, -0.05) is 135 Å². The van der Waals surface area contributed by atoms with Crippen molar-refractivity contribution in [2.75, 3.05) is 0 Å². The highest BCUT2D eigenvalue weighted by molar-refractivity contribution is 5.70. The zero-order chi connectivity index (χ0) is 21.5. The van der Waals surface area contributed by atoms with Gasteiger partial charge in [-0.05, 0) is 25.7 Å². The van der Waals surface area contributed by atoms with Crippen molar-refractivity contribution >= 4 is 5.97 Å². The summed E-state index contributed by atoms with van der Waals surface area (Å²) in [7, 11) is 0. The monoisotopic (exact) mass is 422 g/mol. The first kappa shape index (κ1) is 27.5. The van der Waals surface area contributed by atoms with Crippen LogP contribution < -0.4 is 0 Å². The van der Waals surface area contributed by atoms with Crippen molar-refractivity contribution in [3.8, 4) is 0 Å². The third-order valence-electron chi connectivity index (χ3n) is 6.83. The maximum Gasteiger partial charge on any atom is 0.306 e. The van der Waals surface area contributed by atoms with E-state index in [1.165, 1.54) is 135 Å². The number of carbonyl (C=O) groups excluding carboxylic acids is 1. The Morgan fingerprint density at radius 3 is 1.33 bits per heavy atom. The molecule has 0 radical (unpaired) electrons. The summed E-state index contributed by atoms with van der Waals surface area (Å²) in [5.41, 5.74) is 0. The van der Waals surface area contributed by atoms with Crippen molar-refractivity contribution in [1.82, 2.24) is 0 Å². The molecule has 1 aliphatic rings. The second-order valence-corrected chi connectivity index (χ2v) is 9.86. The quantitative estimate of drug-likeness (QED) is 0.128. The van der Waals surface area contributed by atoms with E-state index in [1.54, 1.807) is 0 Å². The Morgan fingerprint density at radius 1 is 0.600 bits per heavy atom. The fourth-order valence-corrected chi connectivity index (χ4v) is 4.79. The van der Waals surface area contributed by atoms with Crippen LogP contribution in [-0.2, 0) is 9.53 Å². The molecule has 1 saturated heterocycles. The van der Waals surface area contributed by atoms with Crippen LogP contribution in [0.2, 0.25) is 0 Å². The lowest BCUT2D eigenvalue weighted by molar-refractivity contribution is -0.154. The number of unbranched alkanes of at least 4 members (excludes halogenated alkanes) is 20. The van der Waals surface area contributed by atoms with Gasteiger partial charge in [0.2, 0.25) is 0 Å². The highest BCUT2D eigenvalue weighted by atomic mass is 16.5. The van der Waals surface area contributed by atoms with E-state index in [-0.39, 0.29) is 12.1 Å². The molecule has 1 aliphatic heterocycles. The Kier molecular flexibility index (Phi) is 19.9. The van der Waals surface area contributed by atoms with Crippen LogP contribution in [0.4, 0.5) is 0 Å². The van der Waals surface area contributed by atoms with Crippen LogP contribution >= 0.6 is 0 Å². The SMILES string of the molecule is CCCCCCCCCCCCCCCCCCCCCCC[C@H]1CCCC(=O)O1. The molecule has 2 heteroatoms. The summed E-state index contributed by atoms with van der Waals surface area (Å²) in [4.78, 5) is 11.3. The summed E-state index contributed by atoms with van der Waals surface area (Å²) in [5.74, 6) is 0.0229. The first-order chi connectivity index (χ1) is 14.8. The van der Waals surface area contributed by atoms with Gasteiger partial charge in [0.25, 0.3) is 0 Å². The Bertz CT molecular complexity index is 366. The Hall–Kier alpha value is -0.530. The average molecular weight is 423 g/mol. The van der Waals surface area contributed by atoms with E-state index in [0.717, 1.165) is 19.3 Å². The zero-order valence-electron chi connectivity index (χ0n) is 20.6. The molecule has 0 aromatic rings. The van der Waals surface area contributed by atoms with E-state index in [2.05, 4.69) is 6.92 Å². The van der Waals surface area contributed by atoms with Crippen LogP contribution in [0.5, 0.6) is 0 Å². The Labute approximate surface area is 189 Å². The van der Waals surface area contributed by atoms with Gasteiger partial charge in [0.1, 0.15) is 6.10 Å². The molecule has 1 rings (SSSR count).